The summed E-state index contributed by atoms with van der Waals surface area (Å²) in [5.41, 5.74) is 0.851. The molecule has 0 amide bonds. The second-order valence-corrected chi connectivity index (χ2v) is 5.67. The lowest BCUT2D eigenvalue weighted by Crippen LogP contribution is -2.25. The van der Waals surface area contributed by atoms with Crippen LogP contribution in [0.1, 0.15) is 37.2 Å². The van der Waals surface area contributed by atoms with Crippen molar-refractivity contribution in [3.63, 3.8) is 0 Å². The Morgan fingerprint density at radius 1 is 1.45 bits per heavy atom. The smallest absolute Gasteiger partial charge is 0.313 e. The molecule has 0 radical (unpaired) electrons. The molecule has 0 bridgehead atoms. The van der Waals surface area contributed by atoms with Crippen LogP contribution in [-0.2, 0) is 9.53 Å². The first-order chi connectivity index (χ1) is 9.74. The molecule has 1 aliphatic heterocycles. The van der Waals surface area contributed by atoms with Gasteiger partial charge in [0.25, 0.3) is 0 Å². The number of para-hydroxylation sites is 1. The summed E-state index contributed by atoms with van der Waals surface area (Å²) < 4.78 is 11.0. The van der Waals surface area contributed by atoms with Crippen molar-refractivity contribution in [3.05, 3.63) is 29.8 Å². The van der Waals surface area contributed by atoms with Gasteiger partial charge in [-0.1, -0.05) is 18.2 Å². The highest BCUT2D eigenvalue weighted by Crippen LogP contribution is 2.49. The molecule has 0 aromatic heterocycles. The predicted octanol–water partition coefficient (Wildman–Crippen LogP) is 2.79. The Balaban J connectivity index is 1.65. The Kier molecular flexibility index (Phi) is 3.35. The highest BCUT2D eigenvalue weighted by molar-refractivity contribution is 5.79. The number of rotatable bonds is 4. The highest BCUT2D eigenvalue weighted by Gasteiger charge is 2.44. The third-order valence-corrected chi connectivity index (χ3v) is 4.17. The van der Waals surface area contributed by atoms with E-state index in [1.807, 2.05) is 24.3 Å². The van der Waals surface area contributed by atoms with E-state index in [9.17, 15) is 4.79 Å². The van der Waals surface area contributed by atoms with Crippen LogP contribution in [0.2, 0.25) is 0 Å². The topological polar surface area (TPSA) is 59.3 Å². The fraction of sp³-hybridized carbons (Fsp3) is 0.500. The second kappa shape index (κ2) is 5.16. The number of benzene rings is 1. The molecule has 1 aromatic rings. The minimum atomic E-state index is -0.238. The number of hydrogen-bond acceptors (Lipinski definition) is 4. The van der Waals surface area contributed by atoms with Gasteiger partial charge < -0.3 is 9.47 Å². The maximum Gasteiger partial charge on any atom is 0.313 e. The lowest BCUT2D eigenvalue weighted by atomic mass is 9.93. The zero-order valence-electron chi connectivity index (χ0n) is 11.3. The van der Waals surface area contributed by atoms with E-state index < -0.39 is 0 Å². The monoisotopic (exact) mass is 271 g/mol. The molecule has 104 valence electrons. The average molecular weight is 271 g/mol. The standard InChI is InChI=1S/C16H17NO3/c17-9-8-16(6-7-16)11-20-15(18)13-5-10-19-14-4-2-1-3-12(13)14/h1-4,13H,5-8,10-11H2. The van der Waals surface area contributed by atoms with Gasteiger partial charge in [-0.15, -0.1) is 0 Å². The largest absolute Gasteiger partial charge is 0.493 e. The number of esters is 1. The van der Waals surface area contributed by atoms with Gasteiger partial charge in [0, 0.05) is 17.4 Å². The van der Waals surface area contributed by atoms with Crippen molar-refractivity contribution in [3.8, 4) is 11.8 Å². The summed E-state index contributed by atoms with van der Waals surface area (Å²) in [5.74, 6) is 0.349. The van der Waals surface area contributed by atoms with E-state index in [0.29, 0.717) is 26.1 Å². The first-order valence-electron chi connectivity index (χ1n) is 6.99. The Morgan fingerprint density at radius 3 is 3.00 bits per heavy atom. The van der Waals surface area contributed by atoms with Gasteiger partial charge in [0.2, 0.25) is 0 Å². The molecular weight excluding hydrogens is 254 g/mol. The van der Waals surface area contributed by atoms with Crippen LogP contribution in [0.25, 0.3) is 0 Å². The Hall–Kier alpha value is -2.02. The summed E-state index contributed by atoms with van der Waals surface area (Å²) in [6.45, 7) is 0.916. The van der Waals surface area contributed by atoms with Crippen molar-refractivity contribution in [1.29, 1.82) is 5.26 Å². The van der Waals surface area contributed by atoms with Crippen molar-refractivity contribution >= 4 is 5.97 Å². The summed E-state index contributed by atoms with van der Waals surface area (Å²) in [7, 11) is 0. The van der Waals surface area contributed by atoms with Crippen LogP contribution in [0, 0.1) is 16.7 Å². The summed E-state index contributed by atoms with van der Waals surface area (Å²) >= 11 is 0. The van der Waals surface area contributed by atoms with Crippen LogP contribution in [0.4, 0.5) is 0 Å². The van der Waals surface area contributed by atoms with Crippen LogP contribution in [0.5, 0.6) is 5.75 Å². The van der Waals surface area contributed by atoms with Crippen LogP contribution >= 0.6 is 0 Å². The molecule has 4 heteroatoms. The van der Waals surface area contributed by atoms with Gasteiger partial charge in [-0.25, -0.2) is 0 Å². The van der Waals surface area contributed by atoms with E-state index in [1.165, 1.54) is 0 Å². The zero-order valence-corrected chi connectivity index (χ0v) is 11.3. The first kappa shape index (κ1) is 13.0. The van der Waals surface area contributed by atoms with Gasteiger partial charge in [-0.3, -0.25) is 4.79 Å². The van der Waals surface area contributed by atoms with E-state index in [1.54, 1.807) is 0 Å². The molecule has 20 heavy (non-hydrogen) atoms. The van der Waals surface area contributed by atoms with Crippen molar-refractivity contribution in [2.45, 2.75) is 31.6 Å². The molecule has 1 saturated carbocycles. The van der Waals surface area contributed by atoms with Gasteiger partial charge in [0.05, 0.1) is 25.2 Å². The van der Waals surface area contributed by atoms with Crippen LogP contribution in [-0.4, -0.2) is 19.2 Å². The van der Waals surface area contributed by atoms with Gasteiger partial charge in [-0.05, 0) is 25.3 Å². The van der Waals surface area contributed by atoms with Crippen LogP contribution < -0.4 is 4.74 Å². The van der Waals surface area contributed by atoms with Crippen molar-refractivity contribution in [1.82, 2.24) is 0 Å². The molecule has 0 spiro atoms. The molecule has 1 heterocycles. The van der Waals surface area contributed by atoms with Gasteiger partial charge in [-0.2, -0.15) is 5.26 Å². The Labute approximate surface area is 118 Å². The highest BCUT2D eigenvalue weighted by atomic mass is 16.5. The van der Waals surface area contributed by atoms with Gasteiger partial charge >= 0.3 is 5.97 Å². The number of ether oxygens (including phenoxy) is 2. The van der Waals surface area contributed by atoms with Crippen LogP contribution in [0.3, 0.4) is 0 Å². The molecule has 1 unspecified atom stereocenters. The summed E-state index contributed by atoms with van der Waals surface area (Å²) in [4.78, 5) is 12.3. The quantitative estimate of drug-likeness (QED) is 0.790. The molecule has 2 aliphatic rings. The Morgan fingerprint density at radius 2 is 2.25 bits per heavy atom. The second-order valence-electron chi connectivity index (χ2n) is 5.67. The van der Waals surface area contributed by atoms with E-state index in [0.717, 1.165) is 24.2 Å². The molecule has 1 aromatic carbocycles. The van der Waals surface area contributed by atoms with Crippen molar-refractivity contribution in [2.75, 3.05) is 13.2 Å². The molecule has 4 nitrogen and oxygen atoms in total. The Bertz CT molecular complexity index is 557. The summed E-state index contributed by atoms with van der Waals surface area (Å²) in [6.07, 6.45) is 3.10. The third kappa shape index (κ3) is 2.49. The molecule has 1 fully saturated rings. The molecule has 0 saturated heterocycles. The van der Waals surface area contributed by atoms with Crippen molar-refractivity contribution in [2.24, 2.45) is 5.41 Å². The molecule has 3 rings (SSSR count). The first-order valence-corrected chi connectivity index (χ1v) is 6.99. The number of carbonyl (C=O) groups excluding carboxylic acids is 1. The van der Waals surface area contributed by atoms with E-state index in [2.05, 4.69) is 6.07 Å². The lowest BCUT2D eigenvalue weighted by molar-refractivity contribution is -0.148. The van der Waals surface area contributed by atoms with Gasteiger partial charge in [0.1, 0.15) is 5.75 Å². The number of nitriles is 1. The number of nitrogens with zero attached hydrogens (tertiary/aromatic N) is 1. The minimum Gasteiger partial charge on any atom is -0.493 e. The van der Waals surface area contributed by atoms with Crippen molar-refractivity contribution < 1.29 is 14.3 Å². The fourth-order valence-electron chi connectivity index (χ4n) is 2.63. The predicted molar refractivity (Wildman–Crippen MR) is 72.2 cm³/mol. The maximum absolute atomic E-state index is 12.3. The number of hydrogen-bond donors (Lipinski definition) is 0. The molecule has 1 atom stereocenters. The summed E-state index contributed by atoms with van der Waals surface area (Å²) in [6, 6.07) is 9.79. The maximum atomic E-state index is 12.3. The minimum absolute atomic E-state index is 0.0604. The van der Waals surface area contributed by atoms with Crippen LogP contribution in [0.15, 0.2) is 24.3 Å². The summed E-state index contributed by atoms with van der Waals surface area (Å²) in [5, 5.41) is 8.78. The van der Waals surface area contributed by atoms with Gasteiger partial charge in [0.15, 0.2) is 0 Å². The average Bonchev–Trinajstić information content (AvgIpc) is 3.25. The van der Waals surface area contributed by atoms with E-state index in [-0.39, 0.29) is 17.3 Å². The lowest BCUT2D eigenvalue weighted by Gasteiger charge is -2.25. The fourth-order valence-corrected chi connectivity index (χ4v) is 2.63. The zero-order chi connectivity index (χ0) is 14.0. The van der Waals surface area contributed by atoms with E-state index >= 15 is 0 Å². The normalized spacial score (nSPS) is 22.1. The molecule has 1 aliphatic carbocycles. The molecular formula is C16H17NO3. The SMILES string of the molecule is N#CCC1(COC(=O)C2CCOc3ccccc32)CC1. The number of carbonyl (C=O) groups is 1. The van der Waals surface area contributed by atoms with E-state index in [4.69, 9.17) is 14.7 Å². The molecule has 0 N–H and O–H groups in total. The number of fused-ring (bicyclic) bond motifs is 1. The third-order valence-electron chi connectivity index (χ3n) is 4.17.